The van der Waals surface area contributed by atoms with Crippen molar-refractivity contribution < 1.29 is 5.11 Å². The number of hydrogen-bond donors (Lipinski definition) is 1. The molecule has 0 spiro atoms. The van der Waals surface area contributed by atoms with Crippen LogP contribution in [0.3, 0.4) is 0 Å². The summed E-state index contributed by atoms with van der Waals surface area (Å²) in [7, 11) is 1.92. The molecule has 0 saturated heterocycles. The van der Waals surface area contributed by atoms with E-state index in [0.29, 0.717) is 5.92 Å². The van der Waals surface area contributed by atoms with Crippen LogP contribution in [0.25, 0.3) is 0 Å². The number of aryl methyl sites for hydroxylation is 1. The minimum absolute atomic E-state index is 0.464. The van der Waals surface area contributed by atoms with Crippen LogP contribution in [0.15, 0.2) is 36.7 Å². The average Bonchev–Trinajstić information content (AvgIpc) is 2.72. The van der Waals surface area contributed by atoms with Gasteiger partial charge in [0.1, 0.15) is 11.9 Å². The van der Waals surface area contributed by atoms with Gasteiger partial charge in [0.25, 0.3) is 0 Å². The van der Waals surface area contributed by atoms with Crippen molar-refractivity contribution in [2.75, 3.05) is 0 Å². The average molecular weight is 228 g/mol. The summed E-state index contributed by atoms with van der Waals surface area (Å²) < 4.78 is 1.88. The van der Waals surface area contributed by atoms with Crippen molar-refractivity contribution in [1.82, 2.24) is 9.55 Å². The number of rotatable bonds is 3. The number of hydrogen-bond acceptors (Lipinski definition) is 2. The van der Waals surface area contributed by atoms with Crippen molar-refractivity contribution in [3.8, 4) is 0 Å². The van der Waals surface area contributed by atoms with Gasteiger partial charge in [-0.15, -0.1) is 0 Å². The lowest BCUT2D eigenvalue weighted by atomic mass is 9.75. The molecule has 3 rings (SSSR count). The summed E-state index contributed by atoms with van der Waals surface area (Å²) in [5.74, 6) is 1.24. The van der Waals surface area contributed by atoms with E-state index in [-0.39, 0.29) is 0 Å². The molecule has 0 radical (unpaired) electrons. The monoisotopic (exact) mass is 228 g/mol. The van der Waals surface area contributed by atoms with E-state index in [0.717, 1.165) is 18.7 Å². The molecule has 2 unspecified atom stereocenters. The van der Waals surface area contributed by atoms with Gasteiger partial charge >= 0.3 is 0 Å². The summed E-state index contributed by atoms with van der Waals surface area (Å²) in [5.41, 5.74) is 2.81. The molecular weight excluding hydrogens is 212 g/mol. The molecule has 1 aromatic heterocycles. The Morgan fingerprint density at radius 3 is 3.00 bits per heavy atom. The molecule has 1 aliphatic rings. The molecule has 88 valence electrons. The highest BCUT2D eigenvalue weighted by Crippen LogP contribution is 2.40. The van der Waals surface area contributed by atoms with Gasteiger partial charge in [0.15, 0.2) is 0 Å². The van der Waals surface area contributed by atoms with Gasteiger partial charge in [0.05, 0.1) is 0 Å². The Morgan fingerprint density at radius 2 is 2.29 bits per heavy atom. The molecule has 2 aromatic rings. The number of aliphatic hydroxyl groups is 1. The summed E-state index contributed by atoms with van der Waals surface area (Å²) >= 11 is 0. The molecule has 1 aromatic carbocycles. The number of imidazole rings is 1. The first-order valence-electron chi connectivity index (χ1n) is 5.99. The molecule has 0 saturated carbocycles. The van der Waals surface area contributed by atoms with Crippen LogP contribution in [0, 0.1) is 0 Å². The summed E-state index contributed by atoms with van der Waals surface area (Å²) in [6.45, 7) is 0. The SMILES string of the molecule is Cn1ccnc1C(O)CC1Cc2ccccc21. The van der Waals surface area contributed by atoms with E-state index in [1.165, 1.54) is 11.1 Å². The van der Waals surface area contributed by atoms with Crippen LogP contribution >= 0.6 is 0 Å². The summed E-state index contributed by atoms with van der Waals surface area (Å²) in [4.78, 5) is 4.20. The van der Waals surface area contributed by atoms with Gasteiger partial charge in [-0.05, 0) is 29.9 Å². The van der Waals surface area contributed by atoms with Gasteiger partial charge in [0, 0.05) is 19.4 Å². The third kappa shape index (κ3) is 1.76. The van der Waals surface area contributed by atoms with Gasteiger partial charge in [-0.2, -0.15) is 0 Å². The Kier molecular flexibility index (Phi) is 2.48. The first kappa shape index (κ1) is 10.5. The molecule has 1 heterocycles. The highest BCUT2D eigenvalue weighted by molar-refractivity contribution is 5.39. The minimum Gasteiger partial charge on any atom is -0.385 e. The van der Waals surface area contributed by atoms with E-state index in [1.807, 2.05) is 17.8 Å². The standard InChI is InChI=1S/C14H16N2O/c1-16-7-6-15-14(16)13(17)9-11-8-10-4-2-3-5-12(10)11/h2-7,11,13,17H,8-9H2,1H3. The van der Waals surface area contributed by atoms with Crippen molar-refractivity contribution in [3.05, 3.63) is 53.6 Å². The topological polar surface area (TPSA) is 38.0 Å². The van der Waals surface area contributed by atoms with Gasteiger partial charge < -0.3 is 9.67 Å². The highest BCUT2D eigenvalue weighted by atomic mass is 16.3. The third-order valence-corrected chi connectivity index (χ3v) is 3.63. The predicted octanol–water partition coefficient (Wildman–Crippen LogP) is 2.18. The maximum absolute atomic E-state index is 10.2. The Bertz CT molecular complexity index is 533. The zero-order valence-electron chi connectivity index (χ0n) is 9.87. The lowest BCUT2D eigenvalue weighted by Crippen LogP contribution is -2.20. The first-order chi connectivity index (χ1) is 8.25. The van der Waals surface area contributed by atoms with Gasteiger partial charge in [0.2, 0.25) is 0 Å². The quantitative estimate of drug-likeness (QED) is 0.874. The van der Waals surface area contributed by atoms with Gasteiger partial charge in [-0.1, -0.05) is 24.3 Å². The van der Waals surface area contributed by atoms with E-state index in [2.05, 4.69) is 29.2 Å². The predicted molar refractivity (Wildman–Crippen MR) is 65.7 cm³/mol. The Morgan fingerprint density at radius 1 is 1.47 bits per heavy atom. The van der Waals surface area contributed by atoms with Crippen LogP contribution in [0.4, 0.5) is 0 Å². The molecule has 0 aliphatic heterocycles. The van der Waals surface area contributed by atoms with E-state index >= 15 is 0 Å². The van der Waals surface area contributed by atoms with Crippen LogP contribution in [0.5, 0.6) is 0 Å². The van der Waals surface area contributed by atoms with Crippen molar-refractivity contribution in [2.45, 2.75) is 24.9 Å². The number of nitrogens with zero attached hydrogens (tertiary/aromatic N) is 2. The van der Waals surface area contributed by atoms with Crippen molar-refractivity contribution in [2.24, 2.45) is 7.05 Å². The van der Waals surface area contributed by atoms with Crippen LogP contribution < -0.4 is 0 Å². The fourth-order valence-corrected chi connectivity index (χ4v) is 2.65. The van der Waals surface area contributed by atoms with Crippen LogP contribution in [-0.2, 0) is 13.5 Å². The number of benzene rings is 1. The fraction of sp³-hybridized carbons (Fsp3) is 0.357. The second-order valence-electron chi connectivity index (χ2n) is 4.75. The molecule has 17 heavy (non-hydrogen) atoms. The third-order valence-electron chi connectivity index (χ3n) is 3.63. The largest absolute Gasteiger partial charge is 0.385 e. The van der Waals surface area contributed by atoms with Crippen LogP contribution in [0.2, 0.25) is 0 Å². The molecular formula is C14H16N2O. The Hall–Kier alpha value is -1.61. The van der Waals surface area contributed by atoms with E-state index in [1.54, 1.807) is 6.20 Å². The van der Waals surface area contributed by atoms with Crippen molar-refractivity contribution in [3.63, 3.8) is 0 Å². The lowest BCUT2D eigenvalue weighted by Gasteiger charge is -2.31. The van der Waals surface area contributed by atoms with Gasteiger partial charge in [-0.3, -0.25) is 0 Å². The highest BCUT2D eigenvalue weighted by Gasteiger charge is 2.28. The second kappa shape index (κ2) is 4.00. The normalized spacial score (nSPS) is 19.5. The van der Waals surface area contributed by atoms with E-state index in [9.17, 15) is 5.11 Å². The number of aromatic nitrogens is 2. The van der Waals surface area contributed by atoms with E-state index in [4.69, 9.17) is 0 Å². The summed E-state index contributed by atoms with van der Waals surface area (Å²) in [5, 5.41) is 10.2. The minimum atomic E-state index is -0.464. The maximum Gasteiger partial charge on any atom is 0.137 e. The Labute approximate surface area is 101 Å². The van der Waals surface area contributed by atoms with Gasteiger partial charge in [-0.25, -0.2) is 4.98 Å². The summed E-state index contributed by atoms with van der Waals surface area (Å²) in [6.07, 6.45) is 4.98. The molecule has 3 heteroatoms. The number of fused-ring (bicyclic) bond motifs is 1. The summed E-state index contributed by atoms with van der Waals surface area (Å²) in [6, 6.07) is 8.47. The molecule has 1 aliphatic carbocycles. The molecule has 1 N–H and O–H groups in total. The van der Waals surface area contributed by atoms with E-state index < -0.39 is 6.10 Å². The lowest BCUT2D eigenvalue weighted by molar-refractivity contribution is 0.141. The fourth-order valence-electron chi connectivity index (χ4n) is 2.65. The zero-order valence-corrected chi connectivity index (χ0v) is 9.87. The van der Waals surface area contributed by atoms with Crippen LogP contribution in [0.1, 0.15) is 35.4 Å². The second-order valence-corrected chi connectivity index (χ2v) is 4.75. The first-order valence-corrected chi connectivity index (χ1v) is 5.99. The van der Waals surface area contributed by atoms with Crippen molar-refractivity contribution >= 4 is 0 Å². The van der Waals surface area contributed by atoms with Crippen LogP contribution in [-0.4, -0.2) is 14.7 Å². The van der Waals surface area contributed by atoms with Crippen molar-refractivity contribution in [1.29, 1.82) is 0 Å². The molecule has 0 fully saturated rings. The number of aliphatic hydroxyl groups excluding tert-OH is 1. The maximum atomic E-state index is 10.2. The molecule has 3 nitrogen and oxygen atoms in total. The zero-order chi connectivity index (χ0) is 11.8. The molecule has 2 atom stereocenters. The Balaban J connectivity index is 1.72. The smallest absolute Gasteiger partial charge is 0.137 e. The molecule has 0 amide bonds. The molecule has 0 bridgehead atoms.